The van der Waals surface area contributed by atoms with E-state index in [1.54, 1.807) is 16.7 Å². The molecular weight excluding hydrogens is 371 g/mol. The molecule has 1 aromatic heterocycles. The molecule has 0 spiro atoms. The molecule has 2 saturated carbocycles. The molecule has 1 N–H and O–H groups in total. The number of halogens is 1. The Kier molecular flexibility index (Phi) is 6.11. The minimum Gasteiger partial charge on any atom is -0.354 e. The monoisotopic (exact) mass is 400 g/mol. The van der Waals surface area contributed by atoms with E-state index in [2.05, 4.69) is 10.4 Å². The molecular formula is C22H29FN4O2. The van der Waals surface area contributed by atoms with Crippen LogP contribution in [0.4, 0.5) is 4.39 Å². The summed E-state index contributed by atoms with van der Waals surface area (Å²) in [6.45, 7) is 0.718. The van der Waals surface area contributed by atoms with Crippen molar-refractivity contribution in [3.05, 3.63) is 40.6 Å². The van der Waals surface area contributed by atoms with Crippen LogP contribution in [0.5, 0.6) is 0 Å². The van der Waals surface area contributed by atoms with E-state index in [1.165, 1.54) is 48.9 Å². The number of aromatic nitrogens is 3. The van der Waals surface area contributed by atoms with Gasteiger partial charge in [0.15, 0.2) is 5.82 Å². The zero-order valence-electron chi connectivity index (χ0n) is 16.8. The highest BCUT2D eigenvalue weighted by Gasteiger charge is 2.30. The minimum absolute atomic E-state index is 0.0454. The number of amides is 1. The Morgan fingerprint density at radius 2 is 1.83 bits per heavy atom. The molecule has 2 aliphatic rings. The maximum atomic E-state index is 13.2. The van der Waals surface area contributed by atoms with Gasteiger partial charge in [0.25, 0.3) is 0 Å². The quantitative estimate of drug-likeness (QED) is 0.735. The Morgan fingerprint density at radius 3 is 2.52 bits per heavy atom. The van der Waals surface area contributed by atoms with Crippen molar-refractivity contribution < 1.29 is 9.18 Å². The van der Waals surface area contributed by atoms with Crippen LogP contribution in [-0.2, 0) is 11.3 Å². The van der Waals surface area contributed by atoms with Crippen molar-refractivity contribution in [2.45, 2.75) is 70.4 Å². The second kappa shape index (κ2) is 8.93. The van der Waals surface area contributed by atoms with E-state index in [9.17, 15) is 14.0 Å². The standard InChI is InChI=1S/C22H29FN4O2/c23-18-9-7-17(8-10-18)21-25-26(22(29)27(21)19-11-12-19)15-14-24-20(28)13-6-16-4-2-1-3-5-16/h7-10,16,19H,1-6,11-15H2,(H,24,28). The number of hydrogen-bond acceptors (Lipinski definition) is 3. The summed E-state index contributed by atoms with van der Waals surface area (Å²) in [4.78, 5) is 24.9. The van der Waals surface area contributed by atoms with Gasteiger partial charge < -0.3 is 5.32 Å². The fourth-order valence-electron chi connectivity index (χ4n) is 4.22. The summed E-state index contributed by atoms with van der Waals surface area (Å²) in [5.41, 5.74) is 0.564. The number of rotatable bonds is 8. The van der Waals surface area contributed by atoms with E-state index in [-0.39, 0.29) is 23.5 Å². The highest BCUT2D eigenvalue weighted by atomic mass is 19.1. The van der Waals surface area contributed by atoms with Gasteiger partial charge in [-0.1, -0.05) is 32.1 Å². The predicted octanol–water partition coefficient (Wildman–Crippen LogP) is 3.66. The molecule has 0 radical (unpaired) electrons. The molecule has 0 aliphatic heterocycles. The highest BCUT2D eigenvalue weighted by Crippen LogP contribution is 2.36. The van der Waals surface area contributed by atoms with Gasteiger partial charge in [-0.15, -0.1) is 5.10 Å². The molecule has 2 aromatic rings. The van der Waals surface area contributed by atoms with Crippen molar-refractivity contribution in [2.24, 2.45) is 5.92 Å². The number of nitrogens with one attached hydrogen (secondary N) is 1. The summed E-state index contributed by atoms with van der Waals surface area (Å²) in [5, 5.41) is 7.40. The fourth-order valence-corrected chi connectivity index (χ4v) is 4.22. The van der Waals surface area contributed by atoms with E-state index in [4.69, 9.17) is 0 Å². The summed E-state index contributed by atoms with van der Waals surface area (Å²) < 4.78 is 16.4. The second-order valence-corrected chi connectivity index (χ2v) is 8.33. The lowest BCUT2D eigenvalue weighted by Gasteiger charge is -2.20. The van der Waals surface area contributed by atoms with E-state index >= 15 is 0 Å². The lowest BCUT2D eigenvalue weighted by molar-refractivity contribution is -0.121. The van der Waals surface area contributed by atoms with Crippen molar-refractivity contribution in [3.63, 3.8) is 0 Å². The predicted molar refractivity (Wildman–Crippen MR) is 109 cm³/mol. The third kappa shape index (κ3) is 4.95. The van der Waals surface area contributed by atoms with Gasteiger partial charge in [-0.3, -0.25) is 9.36 Å². The molecule has 0 bridgehead atoms. The first-order valence-electron chi connectivity index (χ1n) is 10.8. The summed E-state index contributed by atoms with van der Waals surface area (Å²) in [5.74, 6) is 0.985. The number of hydrogen-bond donors (Lipinski definition) is 1. The van der Waals surface area contributed by atoms with Crippen LogP contribution in [0.2, 0.25) is 0 Å². The average molecular weight is 400 g/mol. The minimum atomic E-state index is -0.315. The summed E-state index contributed by atoms with van der Waals surface area (Å²) >= 11 is 0. The number of nitrogens with zero attached hydrogens (tertiary/aromatic N) is 3. The van der Waals surface area contributed by atoms with E-state index in [0.29, 0.717) is 31.3 Å². The molecule has 1 heterocycles. The normalized spacial score (nSPS) is 17.4. The zero-order valence-corrected chi connectivity index (χ0v) is 16.8. The van der Waals surface area contributed by atoms with Crippen LogP contribution in [0.25, 0.3) is 11.4 Å². The molecule has 7 heteroatoms. The van der Waals surface area contributed by atoms with Crippen LogP contribution in [0.3, 0.4) is 0 Å². The third-order valence-electron chi connectivity index (χ3n) is 6.04. The van der Waals surface area contributed by atoms with Crippen LogP contribution in [0.15, 0.2) is 29.1 Å². The van der Waals surface area contributed by atoms with Gasteiger partial charge >= 0.3 is 5.69 Å². The molecule has 6 nitrogen and oxygen atoms in total. The molecule has 1 aromatic carbocycles. The molecule has 2 aliphatic carbocycles. The van der Waals surface area contributed by atoms with Crippen LogP contribution in [-0.4, -0.2) is 26.8 Å². The van der Waals surface area contributed by atoms with Gasteiger partial charge in [0.2, 0.25) is 5.91 Å². The Bertz CT molecular complexity index is 893. The largest absolute Gasteiger partial charge is 0.354 e. The SMILES string of the molecule is O=C(CCC1CCCCC1)NCCn1nc(-c2ccc(F)cc2)n(C2CC2)c1=O. The number of carbonyl (C=O) groups excluding carboxylic acids is 1. The fraction of sp³-hybridized carbons (Fsp3) is 0.591. The van der Waals surface area contributed by atoms with Gasteiger partial charge in [-0.05, 0) is 49.4 Å². The Labute approximate surface area is 170 Å². The van der Waals surface area contributed by atoms with Crippen molar-refractivity contribution in [1.29, 1.82) is 0 Å². The van der Waals surface area contributed by atoms with Crippen molar-refractivity contribution >= 4 is 5.91 Å². The summed E-state index contributed by atoms with van der Waals surface area (Å²) in [6.07, 6.45) is 9.80. The Hall–Kier alpha value is -2.44. The zero-order chi connectivity index (χ0) is 20.2. The van der Waals surface area contributed by atoms with Crippen LogP contribution < -0.4 is 11.0 Å². The molecule has 0 saturated heterocycles. The van der Waals surface area contributed by atoms with Crippen molar-refractivity contribution in [2.75, 3.05) is 6.54 Å². The lowest BCUT2D eigenvalue weighted by atomic mass is 9.86. The first kappa shape index (κ1) is 19.9. The maximum Gasteiger partial charge on any atom is 0.346 e. The maximum absolute atomic E-state index is 13.2. The first-order chi connectivity index (χ1) is 14.1. The van der Waals surface area contributed by atoms with Crippen molar-refractivity contribution in [1.82, 2.24) is 19.7 Å². The van der Waals surface area contributed by atoms with Crippen molar-refractivity contribution in [3.8, 4) is 11.4 Å². The second-order valence-electron chi connectivity index (χ2n) is 8.33. The topological polar surface area (TPSA) is 68.9 Å². The van der Waals surface area contributed by atoms with Crippen LogP contribution >= 0.6 is 0 Å². The van der Waals surface area contributed by atoms with Crippen LogP contribution in [0, 0.1) is 11.7 Å². The molecule has 2 fully saturated rings. The lowest BCUT2D eigenvalue weighted by Crippen LogP contribution is -2.32. The molecule has 4 rings (SSSR count). The molecule has 156 valence electrons. The van der Waals surface area contributed by atoms with Gasteiger partial charge in [-0.25, -0.2) is 13.9 Å². The van der Waals surface area contributed by atoms with Gasteiger partial charge in [0.05, 0.1) is 6.54 Å². The Morgan fingerprint density at radius 1 is 1.10 bits per heavy atom. The van der Waals surface area contributed by atoms with Gasteiger partial charge in [0, 0.05) is 24.6 Å². The molecule has 0 atom stereocenters. The smallest absolute Gasteiger partial charge is 0.346 e. The van der Waals surface area contributed by atoms with Gasteiger partial charge in [-0.2, -0.15) is 0 Å². The highest BCUT2D eigenvalue weighted by molar-refractivity contribution is 5.75. The third-order valence-corrected chi connectivity index (χ3v) is 6.04. The molecule has 1 amide bonds. The van der Waals surface area contributed by atoms with E-state index in [1.807, 2.05) is 0 Å². The first-order valence-corrected chi connectivity index (χ1v) is 10.8. The van der Waals surface area contributed by atoms with Gasteiger partial charge in [0.1, 0.15) is 5.82 Å². The Balaban J connectivity index is 1.35. The average Bonchev–Trinajstić information content (AvgIpc) is 3.52. The number of benzene rings is 1. The molecule has 0 unspecified atom stereocenters. The molecule has 29 heavy (non-hydrogen) atoms. The summed E-state index contributed by atoms with van der Waals surface area (Å²) in [6, 6.07) is 6.22. The van der Waals surface area contributed by atoms with Crippen LogP contribution in [0.1, 0.15) is 63.8 Å². The van der Waals surface area contributed by atoms with E-state index in [0.717, 1.165) is 24.8 Å². The summed E-state index contributed by atoms with van der Waals surface area (Å²) in [7, 11) is 0. The number of carbonyl (C=O) groups is 1. The van der Waals surface area contributed by atoms with E-state index < -0.39 is 0 Å².